The van der Waals surface area contributed by atoms with Gasteiger partial charge in [0.25, 0.3) is 0 Å². The third-order valence-electron chi connectivity index (χ3n) is 2.01. The molecular formula is C10H17N3O. The van der Waals surface area contributed by atoms with Crippen molar-refractivity contribution in [2.75, 3.05) is 44.6 Å². The molecule has 1 aromatic heterocycles. The summed E-state index contributed by atoms with van der Waals surface area (Å²) in [5, 5.41) is 3.01. The summed E-state index contributed by atoms with van der Waals surface area (Å²) in [4.78, 5) is 6.46. The Balaban J connectivity index is 2.64. The van der Waals surface area contributed by atoms with Crippen molar-refractivity contribution in [2.24, 2.45) is 0 Å². The van der Waals surface area contributed by atoms with E-state index < -0.39 is 0 Å². The summed E-state index contributed by atoms with van der Waals surface area (Å²) in [5.41, 5.74) is 0. The second-order valence-corrected chi connectivity index (χ2v) is 3.05. The zero-order valence-electron chi connectivity index (χ0n) is 8.95. The Morgan fingerprint density at radius 2 is 2.29 bits per heavy atom. The maximum atomic E-state index is 5.01. The standard InChI is InChI=1S/C10H17N3O/c1-11-9-5-4-6-10(12-9)13(2)7-8-14-3/h4-6H,7-8H2,1-3H3,(H,11,12). The lowest BCUT2D eigenvalue weighted by Crippen LogP contribution is -2.23. The van der Waals surface area contributed by atoms with E-state index in [1.165, 1.54) is 0 Å². The normalized spacial score (nSPS) is 9.93. The highest BCUT2D eigenvalue weighted by Crippen LogP contribution is 2.11. The Hall–Kier alpha value is -1.29. The Kier molecular flexibility index (Phi) is 4.19. The van der Waals surface area contributed by atoms with Crippen LogP contribution in [-0.2, 0) is 4.74 Å². The molecule has 0 saturated carbocycles. The van der Waals surface area contributed by atoms with E-state index in [2.05, 4.69) is 15.2 Å². The van der Waals surface area contributed by atoms with Crippen LogP contribution in [0.5, 0.6) is 0 Å². The van der Waals surface area contributed by atoms with Crippen molar-refractivity contribution in [3.8, 4) is 0 Å². The Labute approximate surface area is 84.9 Å². The topological polar surface area (TPSA) is 37.4 Å². The first-order valence-corrected chi connectivity index (χ1v) is 4.63. The Morgan fingerprint density at radius 1 is 1.50 bits per heavy atom. The fourth-order valence-corrected chi connectivity index (χ4v) is 1.12. The molecular weight excluding hydrogens is 178 g/mol. The van der Waals surface area contributed by atoms with Crippen LogP contribution >= 0.6 is 0 Å². The Bertz CT molecular complexity index is 278. The minimum absolute atomic E-state index is 0.710. The van der Waals surface area contributed by atoms with Gasteiger partial charge in [-0.15, -0.1) is 0 Å². The molecule has 0 aromatic carbocycles. The predicted molar refractivity (Wildman–Crippen MR) is 58.9 cm³/mol. The van der Waals surface area contributed by atoms with Gasteiger partial charge in [0.05, 0.1) is 6.61 Å². The highest BCUT2D eigenvalue weighted by Gasteiger charge is 2.01. The largest absolute Gasteiger partial charge is 0.383 e. The molecule has 1 rings (SSSR count). The molecule has 1 aromatic rings. The number of nitrogens with one attached hydrogen (secondary N) is 1. The summed E-state index contributed by atoms with van der Waals surface area (Å²) in [7, 11) is 5.56. The summed E-state index contributed by atoms with van der Waals surface area (Å²) in [6.45, 7) is 1.55. The lowest BCUT2D eigenvalue weighted by molar-refractivity contribution is 0.206. The number of rotatable bonds is 5. The van der Waals surface area contributed by atoms with Crippen molar-refractivity contribution in [3.05, 3.63) is 18.2 Å². The molecule has 0 radical (unpaired) electrons. The quantitative estimate of drug-likeness (QED) is 0.766. The van der Waals surface area contributed by atoms with Gasteiger partial charge in [-0.1, -0.05) is 6.07 Å². The molecule has 0 aliphatic rings. The van der Waals surface area contributed by atoms with E-state index in [4.69, 9.17) is 4.74 Å². The van der Waals surface area contributed by atoms with Crippen LogP contribution in [0.4, 0.5) is 11.6 Å². The second kappa shape index (κ2) is 5.44. The average Bonchev–Trinajstić information content (AvgIpc) is 2.26. The molecule has 0 atom stereocenters. The minimum Gasteiger partial charge on any atom is -0.383 e. The van der Waals surface area contributed by atoms with E-state index in [0.717, 1.165) is 18.2 Å². The van der Waals surface area contributed by atoms with Crippen molar-refractivity contribution < 1.29 is 4.74 Å². The highest BCUT2D eigenvalue weighted by atomic mass is 16.5. The molecule has 0 aliphatic carbocycles. The molecule has 4 nitrogen and oxygen atoms in total. The number of nitrogens with zero attached hydrogens (tertiary/aromatic N) is 2. The third kappa shape index (κ3) is 2.88. The van der Waals surface area contributed by atoms with Crippen LogP contribution in [0.15, 0.2) is 18.2 Å². The van der Waals surface area contributed by atoms with E-state index >= 15 is 0 Å². The van der Waals surface area contributed by atoms with Crippen molar-refractivity contribution in [2.45, 2.75) is 0 Å². The average molecular weight is 195 g/mol. The van der Waals surface area contributed by atoms with Gasteiger partial charge in [-0.2, -0.15) is 0 Å². The number of pyridine rings is 1. The molecule has 0 amide bonds. The van der Waals surface area contributed by atoms with Crippen molar-refractivity contribution in [3.63, 3.8) is 0 Å². The number of hydrogen-bond donors (Lipinski definition) is 1. The van der Waals surface area contributed by atoms with Crippen LogP contribution in [0, 0.1) is 0 Å². The maximum Gasteiger partial charge on any atom is 0.130 e. The van der Waals surface area contributed by atoms with Crippen LogP contribution in [-0.4, -0.2) is 39.3 Å². The van der Waals surface area contributed by atoms with E-state index in [-0.39, 0.29) is 0 Å². The van der Waals surface area contributed by atoms with Crippen LogP contribution in [0.3, 0.4) is 0 Å². The van der Waals surface area contributed by atoms with Gasteiger partial charge in [0.1, 0.15) is 11.6 Å². The van der Waals surface area contributed by atoms with Gasteiger partial charge in [0.15, 0.2) is 0 Å². The van der Waals surface area contributed by atoms with Crippen LogP contribution in [0.25, 0.3) is 0 Å². The molecule has 1 N–H and O–H groups in total. The lowest BCUT2D eigenvalue weighted by atomic mass is 10.4. The van der Waals surface area contributed by atoms with Gasteiger partial charge in [-0.05, 0) is 12.1 Å². The first-order chi connectivity index (χ1) is 6.77. The highest BCUT2D eigenvalue weighted by molar-refractivity contribution is 5.46. The summed E-state index contributed by atoms with van der Waals surface area (Å²) >= 11 is 0. The van der Waals surface area contributed by atoms with E-state index in [0.29, 0.717) is 6.61 Å². The third-order valence-corrected chi connectivity index (χ3v) is 2.01. The fourth-order valence-electron chi connectivity index (χ4n) is 1.12. The number of likely N-dealkylation sites (N-methyl/N-ethyl adjacent to an activating group) is 1. The number of ether oxygens (including phenoxy) is 1. The van der Waals surface area contributed by atoms with E-state index in [1.807, 2.05) is 32.3 Å². The molecule has 78 valence electrons. The zero-order chi connectivity index (χ0) is 10.4. The predicted octanol–water partition coefficient (Wildman–Crippen LogP) is 1.21. The van der Waals surface area contributed by atoms with Crippen molar-refractivity contribution in [1.29, 1.82) is 0 Å². The molecule has 1 heterocycles. The maximum absolute atomic E-state index is 5.01. The molecule has 14 heavy (non-hydrogen) atoms. The van der Waals surface area contributed by atoms with E-state index in [9.17, 15) is 0 Å². The zero-order valence-corrected chi connectivity index (χ0v) is 8.95. The van der Waals surface area contributed by atoms with Gasteiger partial charge in [-0.25, -0.2) is 4.98 Å². The Morgan fingerprint density at radius 3 is 2.93 bits per heavy atom. The van der Waals surface area contributed by atoms with E-state index in [1.54, 1.807) is 7.11 Å². The number of hydrogen-bond acceptors (Lipinski definition) is 4. The molecule has 0 bridgehead atoms. The molecule has 0 unspecified atom stereocenters. The lowest BCUT2D eigenvalue weighted by Gasteiger charge is -2.17. The monoisotopic (exact) mass is 195 g/mol. The molecule has 0 fully saturated rings. The summed E-state index contributed by atoms with van der Waals surface area (Å²) in [6, 6.07) is 5.90. The van der Waals surface area contributed by atoms with Crippen LogP contribution < -0.4 is 10.2 Å². The van der Waals surface area contributed by atoms with Gasteiger partial charge >= 0.3 is 0 Å². The van der Waals surface area contributed by atoms with Crippen molar-refractivity contribution in [1.82, 2.24) is 4.98 Å². The molecule has 4 heteroatoms. The smallest absolute Gasteiger partial charge is 0.130 e. The summed E-state index contributed by atoms with van der Waals surface area (Å²) in [6.07, 6.45) is 0. The molecule has 0 saturated heterocycles. The minimum atomic E-state index is 0.710. The van der Waals surface area contributed by atoms with Crippen molar-refractivity contribution >= 4 is 11.6 Å². The number of anilines is 2. The number of methoxy groups -OCH3 is 1. The summed E-state index contributed by atoms with van der Waals surface area (Å²) < 4.78 is 5.01. The van der Waals surface area contributed by atoms with Gasteiger partial charge in [0, 0.05) is 27.7 Å². The molecule has 0 aliphatic heterocycles. The number of aromatic nitrogens is 1. The molecule has 0 spiro atoms. The second-order valence-electron chi connectivity index (χ2n) is 3.05. The fraction of sp³-hybridized carbons (Fsp3) is 0.500. The SMILES string of the molecule is CNc1cccc(N(C)CCOC)n1. The first-order valence-electron chi connectivity index (χ1n) is 4.63. The van der Waals surface area contributed by atoms with Gasteiger partial charge < -0.3 is 15.0 Å². The summed E-state index contributed by atoms with van der Waals surface area (Å²) in [5.74, 6) is 1.83. The van der Waals surface area contributed by atoms with Crippen LogP contribution in [0.1, 0.15) is 0 Å². The van der Waals surface area contributed by atoms with Gasteiger partial charge in [-0.3, -0.25) is 0 Å². The van der Waals surface area contributed by atoms with Crippen LogP contribution in [0.2, 0.25) is 0 Å². The van der Waals surface area contributed by atoms with Gasteiger partial charge in [0.2, 0.25) is 0 Å². The first kappa shape index (κ1) is 10.8.